The maximum absolute atomic E-state index is 10.7. The van der Waals surface area contributed by atoms with Gasteiger partial charge in [-0.15, -0.1) is 0 Å². The van der Waals surface area contributed by atoms with E-state index in [1.165, 1.54) is 6.07 Å². The van der Waals surface area contributed by atoms with Crippen LogP contribution in [0.2, 0.25) is 5.02 Å². The molecule has 1 aromatic heterocycles. The third-order valence-electron chi connectivity index (χ3n) is 2.25. The van der Waals surface area contributed by atoms with Crippen LogP contribution in [0.5, 0.6) is 11.6 Å². The van der Waals surface area contributed by atoms with Crippen molar-refractivity contribution >= 4 is 17.6 Å². The first kappa shape index (κ1) is 12.9. The van der Waals surface area contributed by atoms with E-state index in [0.29, 0.717) is 11.3 Å². The average molecular weight is 275 g/mol. The molecule has 0 amide bonds. The number of nitriles is 1. The standard InChI is InChI=1S/C13H7ClN2O3/c14-11-5-9(13(17)18)7-16-12(11)19-10-3-1-8(6-15)2-4-10/h1-5,7H,(H,17,18). The summed E-state index contributed by atoms with van der Waals surface area (Å²) in [5.41, 5.74) is 0.491. The Hall–Kier alpha value is -2.58. The van der Waals surface area contributed by atoms with Gasteiger partial charge < -0.3 is 9.84 Å². The summed E-state index contributed by atoms with van der Waals surface area (Å²) < 4.78 is 5.40. The van der Waals surface area contributed by atoms with Gasteiger partial charge in [-0.3, -0.25) is 0 Å². The maximum atomic E-state index is 10.7. The number of hydrogen-bond acceptors (Lipinski definition) is 4. The number of pyridine rings is 1. The van der Waals surface area contributed by atoms with Gasteiger partial charge in [0.15, 0.2) is 0 Å². The van der Waals surface area contributed by atoms with Gasteiger partial charge in [0, 0.05) is 6.20 Å². The third kappa shape index (κ3) is 3.00. The average Bonchev–Trinajstić information content (AvgIpc) is 2.41. The van der Waals surface area contributed by atoms with E-state index in [4.69, 9.17) is 26.7 Å². The van der Waals surface area contributed by atoms with Crippen LogP contribution in [0.3, 0.4) is 0 Å². The van der Waals surface area contributed by atoms with Gasteiger partial charge in [0.1, 0.15) is 10.8 Å². The van der Waals surface area contributed by atoms with Crippen LogP contribution in [0.1, 0.15) is 15.9 Å². The van der Waals surface area contributed by atoms with Gasteiger partial charge in [-0.05, 0) is 30.3 Å². The largest absolute Gasteiger partial charge is 0.478 e. The summed E-state index contributed by atoms with van der Waals surface area (Å²) in [6.45, 7) is 0. The fraction of sp³-hybridized carbons (Fsp3) is 0. The highest BCUT2D eigenvalue weighted by atomic mass is 35.5. The monoisotopic (exact) mass is 274 g/mol. The minimum Gasteiger partial charge on any atom is -0.478 e. The molecule has 0 aliphatic carbocycles. The van der Waals surface area contributed by atoms with Gasteiger partial charge in [0.25, 0.3) is 0 Å². The molecule has 0 fully saturated rings. The SMILES string of the molecule is N#Cc1ccc(Oc2ncc(C(=O)O)cc2Cl)cc1. The van der Waals surface area contributed by atoms with Crippen LogP contribution in [-0.4, -0.2) is 16.1 Å². The molecule has 0 aliphatic heterocycles. The Morgan fingerprint density at radius 1 is 1.37 bits per heavy atom. The lowest BCUT2D eigenvalue weighted by atomic mass is 10.2. The summed E-state index contributed by atoms with van der Waals surface area (Å²) in [4.78, 5) is 14.6. The molecule has 2 aromatic rings. The summed E-state index contributed by atoms with van der Waals surface area (Å²) in [5.74, 6) is -0.549. The Labute approximate surface area is 113 Å². The highest BCUT2D eigenvalue weighted by molar-refractivity contribution is 6.32. The molecule has 0 radical (unpaired) electrons. The molecule has 0 saturated heterocycles. The molecular weight excluding hydrogens is 268 g/mol. The van der Waals surface area contributed by atoms with Crippen LogP contribution in [0, 0.1) is 11.3 Å². The highest BCUT2D eigenvalue weighted by Gasteiger charge is 2.10. The molecule has 0 atom stereocenters. The molecule has 19 heavy (non-hydrogen) atoms. The van der Waals surface area contributed by atoms with E-state index >= 15 is 0 Å². The normalized spacial score (nSPS) is 9.68. The quantitative estimate of drug-likeness (QED) is 0.930. The third-order valence-corrected chi connectivity index (χ3v) is 2.52. The number of aromatic nitrogens is 1. The Morgan fingerprint density at radius 2 is 2.05 bits per heavy atom. The van der Waals surface area contributed by atoms with Gasteiger partial charge in [-0.1, -0.05) is 11.6 Å². The number of benzene rings is 1. The zero-order valence-electron chi connectivity index (χ0n) is 9.50. The molecule has 1 aromatic carbocycles. The van der Waals surface area contributed by atoms with Crippen molar-refractivity contribution in [2.24, 2.45) is 0 Å². The van der Waals surface area contributed by atoms with Gasteiger partial charge in [0.2, 0.25) is 5.88 Å². The van der Waals surface area contributed by atoms with E-state index in [0.717, 1.165) is 6.20 Å². The Kier molecular flexibility index (Phi) is 3.64. The van der Waals surface area contributed by atoms with Gasteiger partial charge >= 0.3 is 5.97 Å². The number of carbonyl (C=O) groups is 1. The van der Waals surface area contributed by atoms with Crippen LogP contribution in [0.15, 0.2) is 36.5 Å². The second-order valence-electron chi connectivity index (χ2n) is 3.55. The minimum absolute atomic E-state index is 0.0165. The summed E-state index contributed by atoms with van der Waals surface area (Å²) in [6.07, 6.45) is 1.16. The number of aromatic carboxylic acids is 1. The first-order valence-electron chi connectivity index (χ1n) is 5.17. The Morgan fingerprint density at radius 3 is 2.58 bits per heavy atom. The Balaban J connectivity index is 2.23. The molecule has 0 saturated carbocycles. The number of ether oxygens (including phenoxy) is 1. The van der Waals surface area contributed by atoms with Gasteiger partial charge in [-0.2, -0.15) is 5.26 Å². The number of rotatable bonds is 3. The second kappa shape index (κ2) is 5.38. The van der Waals surface area contributed by atoms with Crippen LogP contribution in [-0.2, 0) is 0 Å². The van der Waals surface area contributed by atoms with E-state index in [1.807, 2.05) is 6.07 Å². The van der Waals surface area contributed by atoms with Crippen molar-refractivity contribution in [1.82, 2.24) is 4.98 Å². The molecule has 0 unspecified atom stereocenters. The van der Waals surface area contributed by atoms with Crippen molar-refractivity contribution in [2.75, 3.05) is 0 Å². The molecule has 2 rings (SSSR count). The van der Waals surface area contributed by atoms with E-state index in [9.17, 15) is 4.79 Å². The summed E-state index contributed by atoms with van der Waals surface area (Å²) >= 11 is 5.88. The lowest BCUT2D eigenvalue weighted by Gasteiger charge is -2.06. The summed E-state index contributed by atoms with van der Waals surface area (Å²) in [6, 6.07) is 9.63. The molecule has 0 bridgehead atoms. The molecule has 6 heteroatoms. The number of halogens is 1. The fourth-order valence-corrected chi connectivity index (χ4v) is 1.53. The molecule has 1 heterocycles. The number of carboxylic acids is 1. The number of carboxylic acid groups (broad SMARTS) is 1. The van der Waals surface area contributed by atoms with E-state index in [2.05, 4.69) is 4.98 Å². The molecule has 0 aliphatic rings. The first-order valence-corrected chi connectivity index (χ1v) is 5.55. The predicted molar refractivity (Wildman–Crippen MR) is 67.4 cm³/mol. The van der Waals surface area contributed by atoms with Crippen LogP contribution in [0.4, 0.5) is 0 Å². The second-order valence-corrected chi connectivity index (χ2v) is 3.96. The van der Waals surface area contributed by atoms with Crippen LogP contribution >= 0.6 is 11.6 Å². The molecular formula is C13H7ClN2O3. The Bertz CT molecular complexity index is 663. The van der Waals surface area contributed by atoms with Crippen molar-refractivity contribution in [3.05, 3.63) is 52.7 Å². The maximum Gasteiger partial charge on any atom is 0.337 e. The summed E-state index contributed by atoms with van der Waals surface area (Å²) in [5, 5.41) is 17.5. The van der Waals surface area contributed by atoms with E-state index in [-0.39, 0.29) is 16.5 Å². The van der Waals surface area contributed by atoms with Crippen LogP contribution in [0.25, 0.3) is 0 Å². The van der Waals surface area contributed by atoms with Crippen molar-refractivity contribution in [2.45, 2.75) is 0 Å². The van der Waals surface area contributed by atoms with Crippen molar-refractivity contribution in [3.8, 4) is 17.7 Å². The predicted octanol–water partition coefficient (Wildman–Crippen LogP) is 3.10. The zero-order chi connectivity index (χ0) is 13.8. The molecule has 1 N–H and O–H groups in total. The molecule has 5 nitrogen and oxygen atoms in total. The smallest absolute Gasteiger partial charge is 0.337 e. The van der Waals surface area contributed by atoms with E-state index < -0.39 is 5.97 Å². The minimum atomic E-state index is -1.11. The van der Waals surface area contributed by atoms with Crippen LogP contribution < -0.4 is 4.74 Å². The lowest BCUT2D eigenvalue weighted by Crippen LogP contribution is -1.98. The van der Waals surface area contributed by atoms with Crippen molar-refractivity contribution < 1.29 is 14.6 Å². The number of hydrogen-bond donors (Lipinski definition) is 1. The van der Waals surface area contributed by atoms with Crippen molar-refractivity contribution in [1.29, 1.82) is 5.26 Å². The first-order chi connectivity index (χ1) is 9.10. The topological polar surface area (TPSA) is 83.2 Å². The van der Waals surface area contributed by atoms with Gasteiger partial charge in [0.05, 0.1) is 17.2 Å². The number of nitrogens with zero attached hydrogens (tertiary/aromatic N) is 2. The van der Waals surface area contributed by atoms with E-state index in [1.54, 1.807) is 24.3 Å². The molecule has 94 valence electrons. The molecule has 0 spiro atoms. The summed E-state index contributed by atoms with van der Waals surface area (Å²) in [7, 11) is 0. The lowest BCUT2D eigenvalue weighted by molar-refractivity contribution is 0.0696. The van der Waals surface area contributed by atoms with Crippen molar-refractivity contribution in [3.63, 3.8) is 0 Å². The van der Waals surface area contributed by atoms with Gasteiger partial charge in [-0.25, -0.2) is 9.78 Å². The zero-order valence-corrected chi connectivity index (χ0v) is 10.3. The highest BCUT2D eigenvalue weighted by Crippen LogP contribution is 2.27. The fourth-order valence-electron chi connectivity index (χ4n) is 1.33.